The maximum Gasteiger partial charge on any atom is 0.361 e. The van der Waals surface area contributed by atoms with Gasteiger partial charge in [0.05, 0.1) is 33.4 Å². The fourth-order valence-corrected chi connectivity index (χ4v) is 4.86. The predicted molar refractivity (Wildman–Crippen MR) is 138 cm³/mol. The average molecular weight is 515 g/mol. The highest BCUT2D eigenvalue weighted by Crippen LogP contribution is 2.22. The minimum absolute atomic E-state index is 0. The van der Waals surface area contributed by atoms with E-state index in [0.717, 1.165) is 66.1 Å². The van der Waals surface area contributed by atoms with Gasteiger partial charge in [-0.2, -0.15) is 0 Å². The Bertz CT molecular complexity index is 700. The fraction of sp³-hybridized carbons (Fsp3) is 0.679. The molecule has 1 aromatic rings. The van der Waals surface area contributed by atoms with Crippen LogP contribution in [-0.4, -0.2) is 50.3 Å². The van der Waals surface area contributed by atoms with E-state index in [1.165, 1.54) is 44.9 Å². The van der Waals surface area contributed by atoms with E-state index in [1.807, 2.05) is 24.3 Å². The molecule has 0 atom stereocenters. The molecule has 1 aromatic carbocycles. The van der Waals surface area contributed by atoms with Crippen molar-refractivity contribution in [2.45, 2.75) is 84.0 Å². The first-order valence-corrected chi connectivity index (χ1v) is 13.4. The number of allylic oxidation sites excluding steroid dienone is 1. The molecule has 1 saturated heterocycles. The van der Waals surface area contributed by atoms with Crippen molar-refractivity contribution in [1.29, 1.82) is 0 Å². The zero-order valence-corrected chi connectivity index (χ0v) is 22.8. The summed E-state index contributed by atoms with van der Waals surface area (Å²) in [5.74, 6) is 0.793. The van der Waals surface area contributed by atoms with Crippen molar-refractivity contribution in [3.63, 3.8) is 0 Å². The summed E-state index contributed by atoms with van der Waals surface area (Å²) in [6.45, 7) is 6.11. The Kier molecular flexibility index (Phi) is 16.4. The van der Waals surface area contributed by atoms with E-state index < -0.39 is 0 Å². The van der Waals surface area contributed by atoms with E-state index >= 15 is 0 Å². The van der Waals surface area contributed by atoms with Gasteiger partial charge in [0.15, 0.2) is 6.54 Å². The van der Waals surface area contributed by atoms with Crippen LogP contribution in [0.1, 0.15) is 83.1 Å². The Morgan fingerprint density at radius 1 is 0.971 bits per heavy atom. The predicted octanol–water partition coefficient (Wildman–Crippen LogP) is 4.05. The minimum atomic E-state index is -0.0560. The number of hydrogen-bond acceptors (Lipinski definition) is 3. The van der Waals surface area contributed by atoms with Crippen molar-refractivity contribution in [2.75, 3.05) is 39.9 Å². The summed E-state index contributed by atoms with van der Waals surface area (Å²) in [6, 6.07) is 8.01. The molecule has 0 saturated carbocycles. The lowest BCUT2D eigenvalue weighted by atomic mass is 10.1. The third-order valence-electron chi connectivity index (χ3n) is 6.72. The zero-order chi connectivity index (χ0) is 23.8. The number of benzene rings is 1. The van der Waals surface area contributed by atoms with E-state index in [0.29, 0.717) is 19.6 Å². The molecule has 1 aliphatic rings. The number of carbonyl (C=O) groups is 1. The number of halogens is 2. The van der Waals surface area contributed by atoms with E-state index in [9.17, 15) is 4.79 Å². The van der Waals surface area contributed by atoms with Crippen LogP contribution in [0.3, 0.4) is 0 Å². The SMILES string of the molecule is CCCCCCCCCCOC(=O)C[N+]1(C/C=C(\Cl)Cc2ccc(OC)cc2)CCCCC1.[Cl-]. The number of quaternary nitrogens is 1. The van der Waals surface area contributed by atoms with Crippen LogP contribution in [-0.2, 0) is 16.0 Å². The van der Waals surface area contributed by atoms with Gasteiger partial charge < -0.3 is 26.4 Å². The van der Waals surface area contributed by atoms with Gasteiger partial charge in [-0.1, -0.05) is 75.6 Å². The van der Waals surface area contributed by atoms with Gasteiger partial charge in [0.2, 0.25) is 0 Å². The molecular formula is C28H45Cl2NO3. The molecule has 1 heterocycles. The highest BCUT2D eigenvalue weighted by molar-refractivity contribution is 6.29. The molecule has 2 rings (SSSR count). The number of hydrogen-bond donors (Lipinski definition) is 0. The van der Waals surface area contributed by atoms with Crippen molar-refractivity contribution in [2.24, 2.45) is 0 Å². The van der Waals surface area contributed by atoms with Crippen LogP contribution >= 0.6 is 11.6 Å². The first-order valence-electron chi connectivity index (χ1n) is 13.0. The van der Waals surface area contributed by atoms with Crippen LogP contribution in [0.25, 0.3) is 0 Å². The van der Waals surface area contributed by atoms with Crippen LogP contribution in [0, 0.1) is 0 Å². The van der Waals surface area contributed by atoms with Crippen LogP contribution in [0.5, 0.6) is 5.75 Å². The molecule has 0 aromatic heterocycles. The Balaban J connectivity index is 0.00000578. The quantitative estimate of drug-likeness (QED) is 0.190. The smallest absolute Gasteiger partial charge is 0.361 e. The number of esters is 1. The standard InChI is InChI=1S/C28H45ClNO3.ClH/c1-3-4-5-6-7-8-9-13-22-33-28(31)24-30(19-11-10-12-20-30)21-18-26(29)23-25-14-16-27(32-2)17-15-25;/h14-18H,3-13,19-24H2,1-2H3;1H/q+1;/p-1/b26-18-;. The molecule has 0 amide bonds. The van der Waals surface area contributed by atoms with Gasteiger partial charge in [-0.05, 0) is 49.5 Å². The summed E-state index contributed by atoms with van der Waals surface area (Å²) in [4.78, 5) is 12.6. The lowest BCUT2D eigenvalue weighted by molar-refractivity contribution is -0.920. The van der Waals surface area contributed by atoms with Gasteiger partial charge in [-0.25, -0.2) is 4.79 Å². The molecule has 6 heteroatoms. The second kappa shape index (κ2) is 18.1. The zero-order valence-electron chi connectivity index (χ0n) is 21.3. The number of rotatable bonds is 16. The Hall–Kier alpha value is -1.23. The summed E-state index contributed by atoms with van der Waals surface area (Å²) < 4.78 is 11.6. The number of methoxy groups -OCH3 is 1. The third kappa shape index (κ3) is 12.5. The normalized spacial score (nSPS) is 15.4. The lowest BCUT2D eigenvalue weighted by Crippen LogP contribution is -3.00. The Morgan fingerprint density at radius 3 is 2.21 bits per heavy atom. The monoisotopic (exact) mass is 513 g/mol. The Morgan fingerprint density at radius 2 is 1.59 bits per heavy atom. The maximum atomic E-state index is 12.6. The maximum absolute atomic E-state index is 12.6. The molecule has 0 spiro atoms. The van der Waals surface area contributed by atoms with Crippen molar-refractivity contribution >= 4 is 17.6 Å². The molecule has 0 radical (unpaired) electrons. The highest BCUT2D eigenvalue weighted by atomic mass is 35.5. The van der Waals surface area contributed by atoms with Gasteiger partial charge in [0, 0.05) is 11.5 Å². The van der Waals surface area contributed by atoms with Crippen molar-refractivity contribution in [3.05, 3.63) is 40.9 Å². The number of carbonyl (C=O) groups excluding carboxylic acids is 1. The third-order valence-corrected chi connectivity index (χ3v) is 7.01. The minimum Gasteiger partial charge on any atom is -1.00 e. The molecule has 4 nitrogen and oxygen atoms in total. The molecule has 34 heavy (non-hydrogen) atoms. The molecule has 1 fully saturated rings. The summed E-state index contributed by atoms with van der Waals surface area (Å²) in [6.07, 6.45) is 16.4. The highest BCUT2D eigenvalue weighted by Gasteiger charge is 2.32. The summed E-state index contributed by atoms with van der Waals surface area (Å²) in [5, 5.41) is 0.829. The van der Waals surface area contributed by atoms with Gasteiger partial charge >= 0.3 is 5.97 Å². The molecular weight excluding hydrogens is 469 g/mol. The first-order chi connectivity index (χ1) is 16.1. The summed E-state index contributed by atoms with van der Waals surface area (Å²) in [5.41, 5.74) is 1.16. The van der Waals surface area contributed by atoms with Gasteiger partial charge in [-0.15, -0.1) is 0 Å². The summed E-state index contributed by atoms with van der Waals surface area (Å²) >= 11 is 6.58. The van der Waals surface area contributed by atoms with Crippen LogP contribution in [0.15, 0.2) is 35.4 Å². The van der Waals surface area contributed by atoms with E-state index in [2.05, 4.69) is 13.0 Å². The average Bonchev–Trinajstić information content (AvgIpc) is 2.83. The molecule has 1 aliphatic heterocycles. The molecule has 0 bridgehead atoms. The van der Waals surface area contributed by atoms with Crippen molar-refractivity contribution in [1.82, 2.24) is 0 Å². The summed E-state index contributed by atoms with van der Waals surface area (Å²) in [7, 11) is 1.67. The van der Waals surface area contributed by atoms with E-state index in [4.69, 9.17) is 21.1 Å². The van der Waals surface area contributed by atoms with E-state index in [1.54, 1.807) is 7.11 Å². The molecule has 0 N–H and O–H groups in total. The van der Waals surface area contributed by atoms with Crippen molar-refractivity contribution in [3.8, 4) is 5.75 Å². The fourth-order valence-electron chi connectivity index (χ4n) is 4.63. The topological polar surface area (TPSA) is 35.5 Å². The number of likely N-dealkylation sites (tertiary alicyclic amines) is 1. The lowest BCUT2D eigenvalue weighted by Gasteiger charge is -2.40. The van der Waals surface area contributed by atoms with Crippen molar-refractivity contribution < 1.29 is 31.2 Å². The number of nitrogens with zero attached hydrogens (tertiary/aromatic N) is 1. The van der Waals surface area contributed by atoms with Gasteiger partial charge in [0.1, 0.15) is 5.75 Å². The van der Waals surface area contributed by atoms with Crippen LogP contribution in [0.4, 0.5) is 0 Å². The second-order valence-corrected chi connectivity index (χ2v) is 10.0. The first kappa shape index (κ1) is 30.8. The largest absolute Gasteiger partial charge is 1.00 e. The van der Waals surface area contributed by atoms with Crippen LogP contribution in [0.2, 0.25) is 0 Å². The number of unbranched alkanes of at least 4 members (excludes halogenated alkanes) is 7. The number of ether oxygens (including phenoxy) is 2. The molecule has 194 valence electrons. The van der Waals surface area contributed by atoms with E-state index in [-0.39, 0.29) is 18.4 Å². The van der Waals surface area contributed by atoms with Gasteiger partial charge in [0.25, 0.3) is 0 Å². The Labute approximate surface area is 219 Å². The van der Waals surface area contributed by atoms with Gasteiger partial charge in [-0.3, -0.25) is 0 Å². The molecule has 0 unspecified atom stereocenters. The number of piperidine rings is 1. The van der Waals surface area contributed by atoms with Crippen LogP contribution < -0.4 is 17.1 Å². The molecule has 0 aliphatic carbocycles. The second-order valence-electron chi connectivity index (χ2n) is 9.56.